The molecule has 1 aromatic carbocycles. The number of ether oxygens (including phenoxy) is 2. The summed E-state index contributed by atoms with van der Waals surface area (Å²) >= 11 is 0. The lowest BCUT2D eigenvalue weighted by Crippen LogP contribution is -2.44. The van der Waals surface area contributed by atoms with Crippen molar-refractivity contribution in [3.05, 3.63) is 29.8 Å². The molecule has 0 aromatic heterocycles. The third-order valence-corrected chi connectivity index (χ3v) is 4.06. The molecule has 1 heterocycles. The third-order valence-electron chi connectivity index (χ3n) is 4.06. The van der Waals surface area contributed by atoms with E-state index in [1.165, 1.54) is 24.8 Å². The molecule has 104 valence electrons. The zero-order valence-corrected chi connectivity index (χ0v) is 11.6. The van der Waals surface area contributed by atoms with E-state index in [-0.39, 0.29) is 12.1 Å². The van der Waals surface area contributed by atoms with Gasteiger partial charge < -0.3 is 14.8 Å². The molecule has 0 bridgehead atoms. The molecular weight excluding hydrogens is 238 g/mol. The lowest BCUT2D eigenvalue weighted by atomic mass is 9.94. The standard InChI is InChI=1S/C16H23NO2/c1-2-10-17-16-13-8-3-4-9-14(13)18-11-15(16)19-12-6-5-7-12/h3-4,8-9,12,15-17H,2,5-7,10-11H2,1H3. The Kier molecular flexibility index (Phi) is 4.04. The molecule has 1 fully saturated rings. The average Bonchev–Trinajstić information content (AvgIpc) is 2.41. The van der Waals surface area contributed by atoms with Crippen LogP contribution in [0, 0.1) is 0 Å². The fourth-order valence-corrected chi connectivity index (χ4v) is 2.75. The molecule has 1 N–H and O–H groups in total. The molecule has 0 amide bonds. The third kappa shape index (κ3) is 2.77. The van der Waals surface area contributed by atoms with Crippen molar-refractivity contribution in [2.45, 2.75) is 50.9 Å². The number of para-hydroxylation sites is 1. The van der Waals surface area contributed by atoms with Gasteiger partial charge in [-0.15, -0.1) is 0 Å². The normalized spacial score (nSPS) is 26.4. The molecule has 0 spiro atoms. The van der Waals surface area contributed by atoms with Gasteiger partial charge >= 0.3 is 0 Å². The van der Waals surface area contributed by atoms with Crippen molar-refractivity contribution >= 4 is 0 Å². The number of hydrogen-bond donors (Lipinski definition) is 1. The van der Waals surface area contributed by atoms with E-state index in [1.807, 2.05) is 6.07 Å². The number of fused-ring (bicyclic) bond motifs is 1. The highest BCUT2D eigenvalue weighted by molar-refractivity contribution is 5.38. The van der Waals surface area contributed by atoms with Gasteiger partial charge in [0.1, 0.15) is 18.5 Å². The summed E-state index contributed by atoms with van der Waals surface area (Å²) in [4.78, 5) is 0. The number of hydrogen-bond acceptors (Lipinski definition) is 3. The molecule has 0 saturated heterocycles. The zero-order chi connectivity index (χ0) is 13.1. The minimum atomic E-state index is 0.145. The van der Waals surface area contributed by atoms with E-state index in [1.54, 1.807) is 0 Å². The van der Waals surface area contributed by atoms with Crippen LogP contribution in [-0.4, -0.2) is 25.4 Å². The first kappa shape index (κ1) is 12.9. The lowest BCUT2D eigenvalue weighted by molar-refractivity contribution is -0.0890. The van der Waals surface area contributed by atoms with Gasteiger partial charge in [0.05, 0.1) is 12.1 Å². The number of nitrogens with one attached hydrogen (secondary N) is 1. The topological polar surface area (TPSA) is 30.5 Å². The van der Waals surface area contributed by atoms with E-state index >= 15 is 0 Å². The van der Waals surface area contributed by atoms with Gasteiger partial charge in [-0.2, -0.15) is 0 Å². The second kappa shape index (κ2) is 5.93. The molecule has 2 unspecified atom stereocenters. The van der Waals surface area contributed by atoms with Crippen molar-refractivity contribution in [2.24, 2.45) is 0 Å². The predicted molar refractivity (Wildman–Crippen MR) is 75.5 cm³/mol. The van der Waals surface area contributed by atoms with E-state index in [0.29, 0.717) is 12.7 Å². The highest BCUT2D eigenvalue weighted by Crippen LogP contribution is 2.35. The second-order valence-corrected chi connectivity index (χ2v) is 5.51. The van der Waals surface area contributed by atoms with Crippen LogP contribution in [0.15, 0.2) is 24.3 Å². The van der Waals surface area contributed by atoms with Gasteiger partial charge in [-0.05, 0) is 38.3 Å². The second-order valence-electron chi connectivity index (χ2n) is 5.51. The van der Waals surface area contributed by atoms with Gasteiger partial charge in [0.25, 0.3) is 0 Å². The fraction of sp³-hybridized carbons (Fsp3) is 0.625. The van der Waals surface area contributed by atoms with E-state index in [0.717, 1.165) is 18.7 Å². The Hall–Kier alpha value is -1.06. The molecule has 1 aromatic rings. The van der Waals surface area contributed by atoms with Crippen molar-refractivity contribution in [2.75, 3.05) is 13.2 Å². The molecule has 19 heavy (non-hydrogen) atoms. The van der Waals surface area contributed by atoms with Crippen LogP contribution in [0.4, 0.5) is 0 Å². The Morgan fingerprint density at radius 3 is 2.89 bits per heavy atom. The zero-order valence-electron chi connectivity index (χ0n) is 11.6. The maximum absolute atomic E-state index is 6.21. The van der Waals surface area contributed by atoms with Crippen LogP contribution in [-0.2, 0) is 4.74 Å². The lowest BCUT2D eigenvalue weighted by Gasteiger charge is -2.38. The minimum absolute atomic E-state index is 0.145. The Bertz CT molecular complexity index is 417. The van der Waals surface area contributed by atoms with Crippen LogP contribution in [0.3, 0.4) is 0 Å². The molecule has 2 atom stereocenters. The summed E-state index contributed by atoms with van der Waals surface area (Å²) in [6, 6.07) is 8.58. The Balaban J connectivity index is 1.76. The summed E-state index contributed by atoms with van der Waals surface area (Å²) in [7, 11) is 0. The maximum atomic E-state index is 6.21. The van der Waals surface area contributed by atoms with Crippen LogP contribution in [0.1, 0.15) is 44.2 Å². The van der Waals surface area contributed by atoms with Crippen molar-refractivity contribution < 1.29 is 9.47 Å². The first-order valence-corrected chi connectivity index (χ1v) is 7.49. The van der Waals surface area contributed by atoms with Crippen LogP contribution >= 0.6 is 0 Å². The van der Waals surface area contributed by atoms with E-state index in [9.17, 15) is 0 Å². The maximum Gasteiger partial charge on any atom is 0.124 e. The largest absolute Gasteiger partial charge is 0.490 e. The van der Waals surface area contributed by atoms with Crippen LogP contribution in [0.2, 0.25) is 0 Å². The summed E-state index contributed by atoms with van der Waals surface area (Å²) < 4.78 is 12.1. The van der Waals surface area contributed by atoms with Crippen molar-refractivity contribution in [3.8, 4) is 5.75 Å². The summed E-state index contributed by atoms with van der Waals surface area (Å²) in [5.74, 6) is 1.00. The van der Waals surface area contributed by atoms with Gasteiger partial charge in [0.2, 0.25) is 0 Å². The van der Waals surface area contributed by atoms with E-state index < -0.39 is 0 Å². The van der Waals surface area contributed by atoms with E-state index in [2.05, 4.69) is 30.4 Å². The first-order chi connectivity index (χ1) is 9.38. The fourth-order valence-electron chi connectivity index (χ4n) is 2.75. The number of rotatable bonds is 5. The Labute approximate surface area is 115 Å². The van der Waals surface area contributed by atoms with Crippen molar-refractivity contribution in [3.63, 3.8) is 0 Å². The summed E-state index contributed by atoms with van der Waals surface area (Å²) in [5, 5.41) is 3.63. The summed E-state index contributed by atoms with van der Waals surface area (Å²) in [5.41, 5.74) is 1.24. The molecule has 2 aliphatic rings. The van der Waals surface area contributed by atoms with Gasteiger partial charge in [0, 0.05) is 5.56 Å². The molecule has 3 heteroatoms. The highest BCUT2D eigenvalue weighted by atomic mass is 16.5. The SMILES string of the molecule is CCCNC1c2ccccc2OCC1OC1CCC1. The molecule has 1 aliphatic heterocycles. The summed E-state index contributed by atoms with van der Waals surface area (Å²) in [6.07, 6.45) is 5.45. The Morgan fingerprint density at radius 1 is 1.32 bits per heavy atom. The van der Waals surface area contributed by atoms with Crippen molar-refractivity contribution in [1.82, 2.24) is 5.32 Å². The van der Waals surface area contributed by atoms with Gasteiger partial charge in [0.15, 0.2) is 0 Å². The molecule has 3 rings (SSSR count). The molecule has 3 nitrogen and oxygen atoms in total. The smallest absolute Gasteiger partial charge is 0.124 e. The predicted octanol–water partition coefficient (Wildman–Crippen LogP) is 3.06. The quantitative estimate of drug-likeness (QED) is 0.883. The van der Waals surface area contributed by atoms with Crippen LogP contribution in [0.5, 0.6) is 5.75 Å². The van der Waals surface area contributed by atoms with Gasteiger partial charge in [-0.1, -0.05) is 25.1 Å². The molecule has 1 saturated carbocycles. The molecular formula is C16H23NO2. The Morgan fingerprint density at radius 2 is 2.16 bits per heavy atom. The van der Waals surface area contributed by atoms with Gasteiger partial charge in [-0.3, -0.25) is 0 Å². The first-order valence-electron chi connectivity index (χ1n) is 7.49. The average molecular weight is 261 g/mol. The van der Waals surface area contributed by atoms with Crippen LogP contribution < -0.4 is 10.1 Å². The monoisotopic (exact) mass is 261 g/mol. The highest BCUT2D eigenvalue weighted by Gasteiger charge is 2.34. The minimum Gasteiger partial charge on any atom is -0.490 e. The molecule has 0 radical (unpaired) electrons. The van der Waals surface area contributed by atoms with Gasteiger partial charge in [-0.25, -0.2) is 0 Å². The van der Waals surface area contributed by atoms with Crippen LogP contribution in [0.25, 0.3) is 0 Å². The molecule has 1 aliphatic carbocycles. The summed E-state index contributed by atoms with van der Waals surface area (Å²) in [6.45, 7) is 3.87. The number of benzene rings is 1. The van der Waals surface area contributed by atoms with E-state index in [4.69, 9.17) is 9.47 Å². The van der Waals surface area contributed by atoms with Crippen molar-refractivity contribution in [1.29, 1.82) is 0 Å².